The molecule has 0 aliphatic heterocycles. The highest BCUT2D eigenvalue weighted by Gasteiger charge is 2.23. The van der Waals surface area contributed by atoms with Crippen molar-refractivity contribution >= 4 is 76.2 Å². The van der Waals surface area contributed by atoms with Crippen LogP contribution in [0, 0.1) is 17.9 Å². The van der Waals surface area contributed by atoms with E-state index >= 15 is 0 Å². The summed E-state index contributed by atoms with van der Waals surface area (Å²) in [7, 11) is 0. The van der Waals surface area contributed by atoms with Gasteiger partial charge < -0.3 is 4.57 Å². The Labute approximate surface area is 238 Å². The van der Waals surface area contributed by atoms with E-state index in [0.717, 1.165) is 44.0 Å². The third-order valence-electron chi connectivity index (χ3n) is 8.42. The lowest BCUT2D eigenvalue weighted by Gasteiger charge is -2.14. The Morgan fingerprint density at radius 1 is 0.683 bits per heavy atom. The molecule has 9 rings (SSSR count). The maximum Gasteiger partial charge on any atom is 0.214 e. The van der Waals surface area contributed by atoms with Crippen molar-refractivity contribution in [2.45, 2.75) is 0 Å². The van der Waals surface area contributed by atoms with Gasteiger partial charge in [-0.05, 0) is 59.0 Å². The third kappa shape index (κ3) is 2.76. The summed E-state index contributed by atoms with van der Waals surface area (Å²) in [6, 6.07) is 38.0. The Balaban J connectivity index is 1.37. The zero-order valence-electron chi connectivity index (χ0n) is 21.6. The van der Waals surface area contributed by atoms with Crippen molar-refractivity contribution in [3.63, 3.8) is 0 Å². The molecule has 188 valence electrons. The van der Waals surface area contributed by atoms with Crippen LogP contribution in [0.2, 0.25) is 0 Å². The molecule has 5 aromatic carbocycles. The molecule has 0 N–H and O–H groups in total. The molecule has 41 heavy (non-hydrogen) atoms. The van der Waals surface area contributed by atoms with Gasteiger partial charge in [-0.25, -0.2) is 4.85 Å². The number of rotatable bonds is 2. The molecule has 0 aliphatic rings. The number of nitriles is 1. The molecular weight excluding hydrogens is 520 g/mol. The van der Waals surface area contributed by atoms with Crippen LogP contribution in [0.4, 0.5) is 5.69 Å². The van der Waals surface area contributed by atoms with E-state index in [4.69, 9.17) is 6.57 Å². The van der Waals surface area contributed by atoms with E-state index in [9.17, 15) is 5.26 Å². The summed E-state index contributed by atoms with van der Waals surface area (Å²) < 4.78 is 4.49. The van der Waals surface area contributed by atoms with Crippen molar-refractivity contribution in [1.29, 1.82) is 5.26 Å². The monoisotopic (exact) mass is 538 g/mol. The van der Waals surface area contributed by atoms with E-state index in [1.54, 1.807) is 11.3 Å². The molecule has 0 atom stereocenters. The van der Waals surface area contributed by atoms with Gasteiger partial charge in [0.1, 0.15) is 4.83 Å². The van der Waals surface area contributed by atoms with Crippen LogP contribution in [0.5, 0.6) is 0 Å². The van der Waals surface area contributed by atoms with Crippen molar-refractivity contribution in [3.8, 4) is 22.9 Å². The summed E-state index contributed by atoms with van der Waals surface area (Å²) in [5, 5.41) is 19.7. The Hall–Kier alpha value is -5.62. The summed E-state index contributed by atoms with van der Waals surface area (Å²) in [6.45, 7) is 8.25. The second kappa shape index (κ2) is 7.96. The smallest absolute Gasteiger partial charge is 0.214 e. The molecule has 0 amide bonds. The van der Waals surface area contributed by atoms with Gasteiger partial charge in [0.05, 0.1) is 46.0 Å². The molecule has 4 heterocycles. The highest BCUT2D eigenvalue weighted by molar-refractivity contribution is 7.17. The van der Waals surface area contributed by atoms with Crippen molar-refractivity contribution in [1.82, 2.24) is 8.97 Å². The van der Waals surface area contributed by atoms with E-state index in [2.05, 4.69) is 92.0 Å². The Bertz CT molecular complexity index is 2560. The molecule has 0 saturated carbocycles. The van der Waals surface area contributed by atoms with Gasteiger partial charge in [0.2, 0.25) is 5.69 Å². The average molecular weight is 539 g/mol. The lowest BCUT2D eigenvalue weighted by atomic mass is 9.96. The first kappa shape index (κ1) is 22.2. The Morgan fingerprint density at radius 2 is 1.29 bits per heavy atom. The van der Waals surface area contributed by atoms with E-state index in [-0.39, 0.29) is 0 Å². The van der Waals surface area contributed by atoms with Crippen LogP contribution in [-0.4, -0.2) is 8.97 Å². The zero-order valence-corrected chi connectivity index (χ0v) is 22.4. The number of aromatic nitrogens is 2. The first-order valence-corrected chi connectivity index (χ1v) is 14.3. The van der Waals surface area contributed by atoms with E-state index in [1.807, 2.05) is 36.4 Å². The van der Waals surface area contributed by atoms with Crippen LogP contribution in [0.15, 0.2) is 109 Å². The van der Waals surface area contributed by atoms with Crippen LogP contribution >= 0.6 is 11.3 Å². The van der Waals surface area contributed by atoms with Gasteiger partial charge in [0.25, 0.3) is 0 Å². The molecule has 5 heteroatoms. The lowest BCUT2D eigenvalue weighted by Crippen LogP contribution is -1.98. The Kier molecular flexibility index (Phi) is 4.31. The zero-order chi connectivity index (χ0) is 27.2. The van der Waals surface area contributed by atoms with Gasteiger partial charge >= 0.3 is 0 Å². The molecule has 0 aliphatic carbocycles. The number of thiophene rings is 1. The number of fused-ring (bicyclic) bond motifs is 9. The van der Waals surface area contributed by atoms with Crippen LogP contribution in [0.1, 0.15) is 5.56 Å². The fourth-order valence-electron chi connectivity index (χ4n) is 6.76. The average Bonchev–Trinajstić information content (AvgIpc) is 3.78. The summed E-state index contributed by atoms with van der Waals surface area (Å²) in [5.41, 5.74) is 7.65. The van der Waals surface area contributed by atoms with E-state index in [0.29, 0.717) is 11.3 Å². The molecule has 0 unspecified atom stereocenters. The van der Waals surface area contributed by atoms with Gasteiger partial charge in [0.15, 0.2) is 0 Å². The summed E-state index contributed by atoms with van der Waals surface area (Å²) in [6.07, 6.45) is 0. The molecule has 0 fully saturated rings. The predicted octanol–water partition coefficient (Wildman–Crippen LogP) is 10.1. The van der Waals surface area contributed by atoms with Crippen LogP contribution in [0.3, 0.4) is 0 Å². The molecule has 9 aromatic rings. The summed E-state index contributed by atoms with van der Waals surface area (Å²) >= 11 is 1.75. The minimum Gasteiger partial charge on any atom is -0.309 e. The maximum absolute atomic E-state index is 10.5. The minimum atomic E-state index is 0.380. The van der Waals surface area contributed by atoms with Crippen molar-refractivity contribution in [3.05, 3.63) is 125 Å². The van der Waals surface area contributed by atoms with E-state index in [1.165, 1.54) is 32.0 Å². The van der Waals surface area contributed by atoms with Crippen LogP contribution < -0.4 is 0 Å². The molecule has 0 radical (unpaired) electrons. The second-order valence-corrected chi connectivity index (χ2v) is 11.3. The highest BCUT2D eigenvalue weighted by atomic mass is 32.1. The largest absolute Gasteiger partial charge is 0.309 e. The number of hydrogen-bond acceptors (Lipinski definition) is 2. The summed E-state index contributed by atoms with van der Waals surface area (Å²) in [5.74, 6) is 0. The van der Waals surface area contributed by atoms with Gasteiger partial charge in [-0.15, -0.1) is 11.3 Å². The maximum atomic E-state index is 10.5. The fourth-order valence-corrected chi connectivity index (χ4v) is 7.69. The number of benzene rings is 5. The van der Waals surface area contributed by atoms with Crippen LogP contribution in [-0.2, 0) is 0 Å². The number of nitrogens with zero attached hydrogens (tertiary/aromatic N) is 4. The fraction of sp³-hybridized carbons (Fsp3) is 0. The first-order valence-electron chi connectivity index (χ1n) is 13.4. The van der Waals surface area contributed by atoms with Crippen molar-refractivity contribution < 1.29 is 0 Å². The predicted molar refractivity (Wildman–Crippen MR) is 170 cm³/mol. The molecule has 0 bridgehead atoms. The normalized spacial score (nSPS) is 11.9. The minimum absolute atomic E-state index is 0.380. The topological polar surface area (TPSA) is 37.5 Å². The standard InChI is InChI=1S/C36H18N4S/c1-38-34-22(14-15-33(29(34)20-37)39-30-11-5-2-8-23(30)24-9-3-6-12-31(24)39)21-18-27-25-10-4-7-13-32(25)40-35(27)28(19-21)26-16-17-41-36(26)40/h2-19H. The quantitative estimate of drug-likeness (QED) is 0.202. The molecule has 4 aromatic heterocycles. The third-order valence-corrected chi connectivity index (χ3v) is 9.32. The van der Waals surface area contributed by atoms with Crippen molar-refractivity contribution in [2.75, 3.05) is 0 Å². The molecule has 0 saturated heterocycles. The Morgan fingerprint density at radius 3 is 1.95 bits per heavy atom. The highest BCUT2D eigenvalue weighted by Crippen LogP contribution is 2.46. The number of para-hydroxylation sites is 3. The van der Waals surface area contributed by atoms with E-state index < -0.39 is 0 Å². The summed E-state index contributed by atoms with van der Waals surface area (Å²) in [4.78, 5) is 5.22. The molecule has 4 nitrogen and oxygen atoms in total. The number of hydrogen-bond donors (Lipinski definition) is 0. The van der Waals surface area contributed by atoms with Gasteiger partial charge in [-0.1, -0.05) is 60.7 Å². The lowest BCUT2D eigenvalue weighted by molar-refractivity contribution is 1.17. The molecular formula is C36H18N4S. The second-order valence-electron chi connectivity index (χ2n) is 10.4. The van der Waals surface area contributed by atoms with Gasteiger partial charge in [0, 0.05) is 32.3 Å². The molecule has 0 spiro atoms. The van der Waals surface area contributed by atoms with Crippen molar-refractivity contribution in [2.24, 2.45) is 0 Å². The SMILES string of the molecule is [C-]#[N+]c1c(-c2cc3c4ccccc4n4c5sccc5c(c2)c34)ccc(-n2c3ccccc3c3ccccc32)c1C#N. The van der Waals surface area contributed by atoms with Gasteiger partial charge in [-0.3, -0.25) is 4.40 Å². The first-order chi connectivity index (χ1) is 20.3. The van der Waals surface area contributed by atoms with Gasteiger partial charge in [-0.2, -0.15) is 5.26 Å². The van der Waals surface area contributed by atoms with Crippen LogP contribution in [0.25, 0.3) is 80.9 Å².